The van der Waals surface area contributed by atoms with Gasteiger partial charge in [-0.15, -0.1) is 0 Å². The van der Waals surface area contributed by atoms with E-state index < -0.39 is 0 Å². The summed E-state index contributed by atoms with van der Waals surface area (Å²) in [6.45, 7) is 0. The van der Waals surface area contributed by atoms with Crippen LogP contribution in [0.5, 0.6) is 0 Å². The molecule has 0 radical (unpaired) electrons. The molecule has 5 rings (SSSR count). The molecule has 0 spiro atoms. The molecule has 0 aliphatic heterocycles. The summed E-state index contributed by atoms with van der Waals surface area (Å²) in [5.41, 5.74) is 7.65. The number of fused-ring (bicyclic) bond motifs is 2. The van der Waals surface area contributed by atoms with Crippen LogP contribution in [0.25, 0.3) is 39.1 Å². The van der Waals surface area contributed by atoms with Crippen molar-refractivity contribution in [1.82, 2.24) is 0 Å². The Labute approximate surface area is 168 Å². The molecule has 1 aliphatic carbocycles. The summed E-state index contributed by atoms with van der Waals surface area (Å²) in [4.78, 5) is 0. The predicted octanol–water partition coefficient (Wildman–Crippen LogP) is 7.50. The lowest BCUT2D eigenvalue weighted by atomic mass is 9.83. The number of hydrogen-bond acceptors (Lipinski definition) is 0. The van der Waals surface area contributed by atoms with Gasteiger partial charge in [0.2, 0.25) is 0 Å². The third kappa shape index (κ3) is 2.69. The normalized spacial score (nSPS) is 12.6. The van der Waals surface area contributed by atoms with Gasteiger partial charge in [0.25, 0.3) is 0 Å². The Morgan fingerprint density at radius 3 is 2.41 bits per heavy atom. The molecule has 0 amide bonds. The number of benzene rings is 3. The lowest BCUT2D eigenvalue weighted by molar-refractivity contribution is 0.989. The molecular formula is C26H17Br. The minimum atomic E-state index is 1.06. The van der Waals surface area contributed by atoms with E-state index in [1.54, 1.807) is 0 Å². The highest BCUT2D eigenvalue weighted by Gasteiger charge is 2.21. The fourth-order valence-electron chi connectivity index (χ4n) is 4.08. The summed E-state index contributed by atoms with van der Waals surface area (Å²) in [5.74, 6) is 0. The maximum absolute atomic E-state index is 3.88. The van der Waals surface area contributed by atoms with Crippen LogP contribution in [0.2, 0.25) is 0 Å². The van der Waals surface area contributed by atoms with E-state index in [1.165, 1.54) is 43.1 Å². The first-order valence-electron chi connectivity index (χ1n) is 9.22. The molecule has 0 atom stereocenters. The van der Waals surface area contributed by atoms with Crippen molar-refractivity contribution in [2.45, 2.75) is 12.8 Å². The minimum absolute atomic E-state index is 1.06. The SMILES string of the molecule is Brc1c2c(c(-c3ccccc3-c3c#cccc3)c3ccccc13)CCC=C2. The average Bonchev–Trinajstić information content (AvgIpc) is 2.75. The first-order valence-corrected chi connectivity index (χ1v) is 10.0. The molecule has 4 aromatic rings. The van der Waals surface area contributed by atoms with Gasteiger partial charge in [0.1, 0.15) is 0 Å². The van der Waals surface area contributed by atoms with E-state index in [-0.39, 0.29) is 0 Å². The van der Waals surface area contributed by atoms with Gasteiger partial charge >= 0.3 is 0 Å². The maximum atomic E-state index is 3.88. The zero-order valence-electron chi connectivity index (χ0n) is 14.8. The molecule has 0 bridgehead atoms. The van der Waals surface area contributed by atoms with Crippen LogP contribution in [0, 0.1) is 12.1 Å². The molecule has 0 N–H and O–H groups in total. The van der Waals surface area contributed by atoms with Gasteiger partial charge in [-0.3, -0.25) is 0 Å². The number of halogens is 1. The fraction of sp³-hybridized carbons (Fsp3) is 0.0769. The summed E-state index contributed by atoms with van der Waals surface area (Å²) in [5, 5.41) is 2.56. The smallest absolute Gasteiger partial charge is 0.0329 e. The van der Waals surface area contributed by atoms with Gasteiger partial charge in [-0.2, -0.15) is 0 Å². The van der Waals surface area contributed by atoms with E-state index in [0.717, 1.165) is 18.4 Å². The van der Waals surface area contributed by atoms with Gasteiger partial charge in [0.15, 0.2) is 0 Å². The van der Waals surface area contributed by atoms with Crippen LogP contribution in [-0.4, -0.2) is 0 Å². The van der Waals surface area contributed by atoms with Crippen LogP contribution in [-0.2, 0) is 6.42 Å². The van der Waals surface area contributed by atoms with Crippen molar-refractivity contribution < 1.29 is 0 Å². The van der Waals surface area contributed by atoms with Gasteiger partial charge in [-0.25, -0.2) is 0 Å². The molecule has 1 heteroatoms. The van der Waals surface area contributed by atoms with E-state index in [1.807, 2.05) is 12.1 Å². The predicted molar refractivity (Wildman–Crippen MR) is 118 cm³/mol. The van der Waals surface area contributed by atoms with Gasteiger partial charge in [0, 0.05) is 10.0 Å². The molecule has 0 saturated heterocycles. The quantitative estimate of drug-likeness (QED) is 0.322. The van der Waals surface area contributed by atoms with Crippen molar-refractivity contribution in [3.8, 4) is 22.3 Å². The Bertz CT molecular complexity index is 1170. The second-order valence-electron chi connectivity index (χ2n) is 6.82. The molecular weight excluding hydrogens is 392 g/mol. The van der Waals surface area contributed by atoms with Crippen molar-refractivity contribution >= 4 is 32.8 Å². The molecule has 0 fully saturated rings. The van der Waals surface area contributed by atoms with Crippen molar-refractivity contribution in [2.24, 2.45) is 0 Å². The summed E-state index contributed by atoms with van der Waals surface area (Å²) in [6.07, 6.45) is 6.68. The van der Waals surface area contributed by atoms with E-state index in [4.69, 9.17) is 0 Å². The van der Waals surface area contributed by atoms with Gasteiger partial charge in [-0.05, 0) is 79.5 Å². The Morgan fingerprint density at radius 2 is 1.59 bits per heavy atom. The molecule has 0 aromatic heterocycles. The highest BCUT2D eigenvalue weighted by Crippen LogP contribution is 2.44. The topological polar surface area (TPSA) is 0 Å². The third-order valence-electron chi connectivity index (χ3n) is 5.28. The number of hydrogen-bond donors (Lipinski definition) is 0. The molecule has 1 aliphatic rings. The highest BCUT2D eigenvalue weighted by molar-refractivity contribution is 9.10. The van der Waals surface area contributed by atoms with E-state index in [9.17, 15) is 0 Å². The lowest BCUT2D eigenvalue weighted by Gasteiger charge is -2.22. The zero-order chi connectivity index (χ0) is 18.2. The van der Waals surface area contributed by atoms with Gasteiger partial charge < -0.3 is 0 Å². The number of allylic oxidation sites excluding steroid dienone is 1. The molecule has 0 heterocycles. The Morgan fingerprint density at radius 1 is 0.815 bits per heavy atom. The highest BCUT2D eigenvalue weighted by atomic mass is 79.9. The van der Waals surface area contributed by atoms with Crippen LogP contribution in [0.15, 0.2) is 77.3 Å². The van der Waals surface area contributed by atoms with Gasteiger partial charge in [0.05, 0.1) is 0 Å². The van der Waals surface area contributed by atoms with E-state index >= 15 is 0 Å². The molecule has 4 aromatic carbocycles. The fourth-order valence-corrected chi connectivity index (χ4v) is 4.80. The van der Waals surface area contributed by atoms with Crippen molar-refractivity contribution in [3.05, 3.63) is 101 Å². The van der Waals surface area contributed by atoms with E-state index in [2.05, 4.69) is 94.8 Å². The van der Waals surface area contributed by atoms with Gasteiger partial charge in [-0.1, -0.05) is 78.9 Å². The molecule has 128 valence electrons. The number of rotatable bonds is 2. The average molecular weight is 409 g/mol. The zero-order valence-corrected chi connectivity index (χ0v) is 16.4. The summed E-state index contributed by atoms with van der Waals surface area (Å²) in [6, 6.07) is 29.8. The monoisotopic (exact) mass is 408 g/mol. The van der Waals surface area contributed by atoms with Crippen LogP contribution in [0.1, 0.15) is 17.5 Å². The molecule has 0 nitrogen and oxygen atoms in total. The van der Waals surface area contributed by atoms with Crippen molar-refractivity contribution in [3.63, 3.8) is 0 Å². The summed E-state index contributed by atoms with van der Waals surface area (Å²) < 4.78 is 1.20. The Balaban J connectivity index is 1.91. The maximum Gasteiger partial charge on any atom is 0.0329 e. The van der Waals surface area contributed by atoms with Crippen LogP contribution >= 0.6 is 15.9 Å². The molecule has 0 saturated carbocycles. The van der Waals surface area contributed by atoms with Crippen molar-refractivity contribution in [2.75, 3.05) is 0 Å². The Hall–Kier alpha value is -2.82. The largest absolute Gasteiger partial charge is 0.0836 e. The first kappa shape index (κ1) is 16.4. The van der Waals surface area contributed by atoms with E-state index in [0.29, 0.717) is 0 Å². The standard InChI is InChI=1S/C26H17Br/c27-26-23-16-8-6-14-21(23)25(22-15-7-9-17-24(22)26)20-13-5-4-12-19(20)18-10-2-1-3-11-18/h1-2,4-6,8-10,12-14,16-17H,7,15H2. The second-order valence-corrected chi connectivity index (χ2v) is 7.62. The summed E-state index contributed by atoms with van der Waals surface area (Å²) >= 11 is 3.88. The van der Waals surface area contributed by atoms with Crippen LogP contribution in [0.4, 0.5) is 0 Å². The first-order chi connectivity index (χ1) is 13.3. The Kier molecular flexibility index (Phi) is 4.07. The van der Waals surface area contributed by atoms with Crippen LogP contribution in [0.3, 0.4) is 0 Å². The lowest BCUT2D eigenvalue weighted by Crippen LogP contribution is -2.01. The molecule has 27 heavy (non-hydrogen) atoms. The third-order valence-corrected chi connectivity index (χ3v) is 6.13. The van der Waals surface area contributed by atoms with Crippen LogP contribution < -0.4 is 0 Å². The summed E-state index contributed by atoms with van der Waals surface area (Å²) in [7, 11) is 0. The minimum Gasteiger partial charge on any atom is -0.0836 e. The molecule has 0 unspecified atom stereocenters. The second kappa shape index (κ2) is 6.72. The van der Waals surface area contributed by atoms with Crippen molar-refractivity contribution in [1.29, 1.82) is 0 Å².